The Hall–Kier alpha value is -5.73. The Bertz CT molecular complexity index is 2180. The van der Waals surface area contributed by atoms with Gasteiger partial charge in [-0.3, -0.25) is 4.57 Å². The first-order valence-corrected chi connectivity index (χ1v) is 16.8. The van der Waals surface area contributed by atoms with E-state index in [0.717, 1.165) is 28.2 Å². The van der Waals surface area contributed by atoms with Crippen LogP contribution in [0.15, 0.2) is 169 Å². The van der Waals surface area contributed by atoms with Crippen molar-refractivity contribution in [2.24, 2.45) is 0 Å². The minimum absolute atomic E-state index is 0.920. The Morgan fingerprint density at radius 1 is 0.562 bits per heavy atom. The summed E-state index contributed by atoms with van der Waals surface area (Å²) in [4.78, 5) is 5.21. The maximum atomic E-state index is 5.21. The molecule has 0 saturated carbocycles. The summed E-state index contributed by atoms with van der Waals surface area (Å²) >= 11 is 0. The van der Waals surface area contributed by atoms with E-state index >= 15 is 0 Å². The second-order valence-corrected chi connectivity index (χ2v) is 12.5. The summed E-state index contributed by atoms with van der Waals surface area (Å²) in [6, 6.07) is 53.2. The summed E-state index contributed by atoms with van der Waals surface area (Å²) < 4.78 is 2.32. The number of rotatable bonds is 5. The molecule has 0 aliphatic heterocycles. The van der Waals surface area contributed by atoms with Crippen molar-refractivity contribution in [1.82, 2.24) is 9.55 Å². The summed E-state index contributed by atoms with van der Waals surface area (Å²) in [7, 11) is 0. The molecule has 0 radical (unpaired) electrons. The lowest BCUT2D eigenvalue weighted by molar-refractivity contribution is 0.967. The van der Waals surface area contributed by atoms with Crippen molar-refractivity contribution in [2.75, 3.05) is 0 Å². The number of benzene rings is 5. The molecule has 0 unspecified atom stereocenters. The van der Waals surface area contributed by atoms with E-state index in [0.29, 0.717) is 0 Å². The van der Waals surface area contributed by atoms with Crippen molar-refractivity contribution in [1.29, 1.82) is 0 Å². The molecule has 2 nitrogen and oxygen atoms in total. The molecule has 48 heavy (non-hydrogen) atoms. The molecule has 0 atom stereocenters. The van der Waals surface area contributed by atoms with Crippen LogP contribution in [0.2, 0.25) is 0 Å². The highest BCUT2D eigenvalue weighted by Crippen LogP contribution is 2.37. The van der Waals surface area contributed by atoms with Crippen LogP contribution in [0.5, 0.6) is 0 Å². The molecule has 1 aliphatic carbocycles. The molecule has 8 rings (SSSR count). The molecule has 5 aromatic carbocycles. The molecule has 0 fully saturated rings. The van der Waals surface area contributed by atoms with Crippen LogP contribution < -0.4 is 0 Å². The van der Waals surface area contributed by atoms with Gasteiger partial charge in [0.15, 0.2) is 0 Å². The quantitative estimate of drug-likeness (QED) is 0.187. The maximum absolute atomic E-state index is 5.21. The first-order chi connectivity index (χ1) is 23.6. The molecule has 0 spiro atoms. The Balaban J connectivity index is 0.000000218. The van der Waals surface area contributed by atoms with E-state index in [1.165, 1.54) is 62.9 Å². The number of fused-ring (bicyclic) bond motifs is 1. The Labute approximate surface area is 284 Å². The van der Waals surface area contributed by atoms with Gasteiger partial charge in [0.2, 0.25) is 0 Å². The highest BCUT2D eigenvalue weighted by molar-refractivity contribution is 5.93. The van der Waals surface area contributed by atoms with E-state index in [2.05, 4.69) is 183 Å². The monoisotopic (exact) mass is 620 g/mol. The van der Waals surface area contributed by atoms with Crippen LogP contribution in [-0.4, -0.2) is 9.55 Å². The average Bonchev–Trinajstić information content (AvgIpc) is 3.45. The molecule has 0 bridgehead atoms. The van der Waals surface area contributed by atoms with Crippen molar-refractivity contribution in [2.45, 2.75) is 33.6 Å². The summed E-state index contributed by atoms with van der Waals surface area (Å²) in [5.74, 6) is 0.920. The zero-order valence-electron chi connectivity index (χ0n) is 27.9. The van der Waals surface area contributed by atoms with Gasteiger partial charge in [-0.25, -0.2) is 4.98 Å². The van der Waals surface area contributed by atoms with Gasteiger partial charge in [-0.1, -0.05) is 151 Å². The largest absolute Gasteiger partial charge is 0.293 e. The third-order valence-electron chi connectivity index (χ3n) is 9.26. The van der Waals surface area contributed by atoms with Gasteiger partial charge in [0, 0.05) is 10.9 Å². The lowest BCUT2D eigenvalue weighted by Crippen LogP contribution is -2.02. The second-order valence-electron chi connectivity index (χ2n) is 12.5. The van der Waals surface area contributed by atoms with Crippen LogP contribution in [0.4, 0.5) is 0 Å². The fraction of sp³-hybridized carbons (Fsp3) is 0.109. The predicted molar refractivity (Wildman–Crippen MR) is 204 cm³/mol. The molecule has 0 N–H and O–H groups in total. The van der Waals surface area contributed by atoms with Crippen LogP contribution in [0, 0.1) is 13.8 Å². The number of hydrogen-bond donors (Lipinski definition) is 0. The fourth-order valence-corrected chi connectivity index (χ4v) is 6.74. The van der Waals surface area contributed by atoms with Gasteiger partial charge in [0.05, 0.1) is 16.9 Å². The molecule has 7 aromatic rings. The lowest BCUT2D eigenvalue weighted by atomic mass is 9.91. The van der Waals surface area contributed by atoms with Gasteiger partial charge >= 0.3 is 0 Å². The van der Waals surface area contributed by atoms with Crippen LogP contribution in [0.3, 0.4) is 0 Å². The van der Waals surface area contributed by atoms with Gasteiger partial charge in [0.1, 0.15) is 5.82 Å². The maximum Gasteiger partial charge on any atom is 0.138 e. The van der Waals surface area contributed by atoms with Gasteiger partial charge < -0.3 is 0 Å². The number of nitrogens with zero attached hydrogens (tertiary/aromatic N) is 2. The van der Waals surface area contributed by atoms with Crippen LogP contribution in [-0.2, 0) is 0 Å². The van der Waals surface area contributed by atoms with E-state index in [1.807, 2.05) is 6.07 Å². The predicted octanol–water partition coefficient (Wildman–Crippen LogP) is 12.5. The first kappa shape index (κ1) is 30.9. The Kier molecular flexibility index (Phi) is 8.98. The van der Waals surface area contributed by atoms with E-state index in [1.54, 1.807) is 0 Å². The fourth-order valence-electron chi connectivity index (χ4n) is 6.74. The van der Waals surface area contributed by atoms with Crippen molar-refractivity contribution < 1.29 is 0 Å². The van der Waals surface area contributed by atoms with Crippen molar-refractivity contribution in [3.63, 3.8) is 0 Å². The first-order valence-electron chi connectivity index (χ1n) is 16.8. The van der Waals surface area contributed by atoms with Gasteiger partial charge in [-0.15, -0.1) is 0 Å². The third-order valence-corrected chi connectivity index (χ3v) is 9.26. The molecule has 2 heterocycles. The SMILES string of the molecule is CC1=C(c2ccccc2C)C=CCC1.Cc1c(-c2ccccc2)n(-c2cc(-c3ccccc3)cc(-c3ccccc3)n2)c2ccccc12. The van der Waals surface area contributed by atoms with E-state index < -0.39 is 0 Å². The Morgan fingerprint density at radius 3 is 1.85 bits per heavy atom. The van der Waals surface area contributed by atoms with E-state index in [4.69, 9.17) is 4.98 Å². The lowest BCUT2D eigenvalue weighted by Gasteiger charge is -2.15. The van der Waals surface area contributed by atoms with Gasteiger partial charge in [0.25, 0.3) is 0 Å². The van der Waals surface area contributed by atoms with Gasteiger partial charge in [-0.05, 0) is 90.8 Å². The summed E-state index contributed by atoms with van der Waals surface area (Å²) in [6.45, 7) is 6.63. The summed E-state index contributed by atoms with van der Waals surface area (Å²) in [6.07, 6.45) is 6.94. The Morgan fingerprint density at radius 2 is 1.17 bits per heavy atom. The van der Waals surface area contributed by atoms with Crippen LogP contribution in [0.25, 0.3) is 55.9 Å². The summed E-state index contributed by atoms with van der Waals surface area (Å²) in [5.41, 5.74) is 14.9. The molecular formula is C46H40N2. The van der Waals surface area contributed by atoms with Crippen LogP contribution in [0.1, 0.15) is 36.5 Å². The second kappa shape index (κ2) is 13.9. The molecule has 0 amide bonds. The highest BCUT2D eigenvalue weighted by atomic mass is 15.1. The summed E-state index contributed by atoms with van der Waals surface area (Å²) in [5, 5.41) is 1.24. The number of hydrogen-bond acceptors (Lipinski definition) is 1. The smallest absolute Gasteiger partial charge is 0.138 e. The van der Waals surface area contributed by atoms with Crippen molar-refractivity contribution >= 4 is 16.5 Å². The standard InChI is InChI=1S/C32H24N2.C14H16/c1-23-28-19-11-12-20-30(28)34(32(23)26-17-9-4-10-18-26)31-22-27(24-13-5-2-6-14-24)21-29(33-31)25-15-7-3-8-16-25;1-11-7-3-5-9-13(11)14-10-6-4-8-12(14)2/h2-22H,1H3;3,5-7,9-10H,4,8H2,1-2H3. The third kappa shape index (κ3) is 6.30. The number of para-hydroxylation sites is 1. The zero-order valence-corrected chi connectivity index (χ0v) is 27.9. The number of pyridine rings is 1. The normalized spacial score (nSPS) is 12.6. The minimum atomic E-state index is 0.920. The molecule has 0 saturated heterocycles. The van der Waals surface area contributed by atoms with E-state index in [-0.39, 0.29) is 0 Å². The molecule has 1 aliphatic rings. The zero-order chi connectivity index (χ0) is 32.9. The molecule has 2 heteroatoms. The molecule has 2 aromatic heterocycles. The van der Waals surface area contributed by atoms with E-state index in [9.17, 15) is 0 Å². The highest BCUT2D eigenvalue weighted by Gasteiger charge is 2.19. The van der Waals surface area contributed by atoms with Crippen molar-refractivity contribution in [3.8, 4) is 39.5 Å². The average molecular weight is 621 g/mol. The number of aromatic nitrogens is 2. The topological polar surface area (TPSA) is 17.8 Å². The number of allylic oxidation sites excluding steroid dienone is 4. The van der Waals surface area contributed by atoms with Crippen LogP contribution >= 0.6 is 0 Å². The molecule has 234 valence electrons. The minimum Gasteiger partial charge on any atom is -0.293 e. The van der Waals surface area contributed by atoms with Crippen molar-refractivity contribution in [3.05, 3.63) is 186 Å². The number of aryl methyl sites for hydroxylation is 2. The molecular weight excluding hydrogens is 581 g/mol. The van der Waals surface area contributed by atoms with Gasteiger partial charge in [-0.2, -0.15) is 0 Å².